The zero-order valence-electron chi connectivity index (χ0n) is 14.8. The van der Waals surface area contributed by atoms with Gasteiger partial charge in [0.05, 0.1) is 0 Å². The normalized spacial score (nSPS) is 15.7. The van der Waals surface area contributed by atoms with E-state index in [1.165, 1.54) is 11.3 Å². The van der Waals surface area contributed by atoms with E-state index < -0.39 is 0 Å². The van der Waals surface area contributed by atoms with Gasteiger partial charge in [0, 0.05) is 50.3 Å². The molecule has 2 aromatic rings. The van der Waals surface area contributed by atoms with E-state index >= 15 is 0 Å². The fraction of sp³-hybridized carbons (Fsp3) is 0.400. The van der Waals surface area contributed by atoms with Crippen molar-refractivity contribution in [2.45, 2.75) is 25.8 Å². The Morgan fingerprint density at radius 3 is 2.44 bits per heavy atom. The van der Waals surface area contributed by atoms with Crippen molar-refractivity contribution in [1.82, 2.24) is 15.2 Å². The SMILES string of the molecule is CC(CCc1ccccc1)NC(=O)N1CCN(c2ccncc2)CC1. The summed E-state index contributed by atoms with van der Waals surface area (Å²) in [6.45, 7) is 5.29. The van der Waals surface area contributed by atoms with Crippen LogP contribution in [0.3, 0.4) is 0 Å². The predicted octanol–water partition coefficient (Wildman–Crippen LogP) is 2.93. The number of anilines is 1. The number of carbonyl (C=O) groups is 1. The van der Waals surface area contributed by atoms with Gasteiger partial charge in [-0.3, -0.25) is 4.98 Å². The number of nitrogens with zero attached hydrogens (tertiary/aromatic N) is 3. The van der Waals surface area contributed by atoms with Crippen molar-refractivity contribution in [3.63, 3.8) is 0 Å². The van der Waals surface area contributed by atoms with Crippen LogP contribution in [0.4, 0.5) is 10.5 Å². The largest absolute Gasteiger partial charge is 0.368 e. The second-order valence-corrected chi connectivity index (χ2v) is 6.55. The quantitative estimate of drug-likeness (QED) is 0.912. The Balaban J connectivity index is 1.41. The van der Waals surface area contributed by atoms with E-state index in [2.05, 4.69) is 46.4 Å². The molecule has 1 N–H and O–H groups in total. The maximum absolute atomic E-state index is 12.4. The third-order valence-corrected chi connectivity index (χ3v) is 4.67. The van der Waals surface area contributed by atoms with Gasteiger partial charge < -0.3 is 15.1 Å². The van der Waals surface area contributed by atoms with Crippen LogP contribution < -0.4 is 10.2 Å². The number of aromatic nitrogens is 1. The third-order valence-electron chi connectivity index (χ3n) is 4.67. The molecule has 0 radical (unpaired) electrons. The third kappa shape index (κ3) is 4.95. The second-order valence-electron chi connectivity index (χ2n) is 6.55. The number of hydrogen-bond donors (Lipinski definition) is 1. The molecule has 1 aliphatic rings. The van der Waals surface area contributed by atoms with Gasteiger partial charge in [0.1, 0.15) is 0 Å². The number of hydrogen-bond acceptors (Lipinski definition) is 3. The van der Waals surface area contributed by atoms with E-state index in [1.807, 2.05) is 35.5 Å². The summed E-state index contributed by atoms with van der Waals surface area (Å²) in [5.41, 5.74) is 2.49. The summed E-state index contributed by atoms with van der Waals surface area (Å²) in [5.74, 6) is 0. The first kappa shape index (κ1) is 17.3. The Morgan fingerprint density at radius 2 is 1.76 bits per heavy atom. The molecule has 0 aliphatic carbocycles. The standard InChI is InChI=1S/C20H26N4O/c1-17(7-8-18-5-3-2-4-6-18)22-20(25)24-15-13-23(14-16-24)19-9-11-21-12-10-19/h2-6,9-12,17H,7-8,13-16H2,1H3,(H,22,25). The van der Waals surface area contributed by atoms with Crippen molar-refractivity contribution < 1.29 is 4.79 Å². The fourth-order valence-electron chi connectivity index (χ4n) is 3.12. The average molecular weight is 338 g/mol. The van der Waals surface area contributed by atoms with Gasteiger partial charge in [-0.25, -0.2) is 4.79 Å². The number of rotatable bonds is 5. The topological polar surface area (TPSA) is 48.5 Å². The van der Waals surface area contributed by atoms with Gasteiger partial charge in [0.2, 0.25) is 0 Å². The summed E-state index contributed by atoms with van der Waals surface area (Å²) in [6, 6.07) is 14.7. The van der Waals surface area contributed by atoms with Gasteiger partial charge in [0.15, 0.2) is 0 Å². The molecule has 25 heavy (non-hydrogen) atoms. The van der Waals surface area contributed by atoms with Crippen molar-refractivity contribution in [2.75, 3.05) is 31.1 Å². The number of urea groups is 1. The number of pyridine rings is 1. The summed E-state index contributed by atoms with van der Waals surface area (Å²) in [5, 5.41) is 3.13. The molecule has 1 aromatic carbocycles. The molecule has 3 rings (SSSR count). The van der Waals surface area contributed by atoms with E-state index in [0.717, 1.165) is 39.0 Å². The van der Waals surface area contributed by atoms with Gasteiger partial charge in [-0.1, -0.05) is 30.3 Å². The molecule has 132 valence electrons. The van der Waals surface area contributed by atoms with Gasteiger partial charge in [0.25, 0.3) is 0 Å². The van der Waals surface area contributed by atoms with E-state index in [0.29, 0.717) is 0 Å². The number of nitrogens with one attached hydrogen (secondary N) is 1. The first-order valence-corrected chi connectivity index (χ1v) is 8.97. The Kier molecular flexibility index (Phi) is 5.88. The maximum atomic E-state index is 12.4. The van der Waals surface area contributed by atoms with Crippen molar-refractivity contribution in [3.05, 3.63) is 60.4 Å². The van der Waals surface area contributed by atoms with Gasteiger partial charge >= 0.3 is 6.03 Å². The number of benzene rings is 1. The lowest BCUT2D eigenvalue weighted by atomic mass is 10.1. The molecular formula is C20H26N4O. The lowest BCUT2D eigenvalue weighted by Gasteiger charge is -2.36. The van der Waals surface area contributed by atoms with E-state index in [-0.39, 0.29) is 12.1 Å². The monoisotopic (exact) mass is 338 g/mol. The first-order chi connectivity index (χ1) is 12.2. The zero-order chi connectivity index (χ0) is 17.5. The molecule has 2 amide bonds. The van der Waals surface area contributed by atoms with Crippen LogP contribution in [0.25, 0.3) is 0 Å². The average Bonchev–Trinajstić information content (AvgIpc) is 2.68. The molecular weight excluding hydrogens is 312 g/mol. The fourth-order valence-corrected chi connectivity index (χ4v) is 3.12. The highest BCUT2D eigenvalue weighted by molar-refractivity contribution is 5.74. The highest BCUT2D eigenvalue weighted by Crippen LogP contribution is 2.15. The molecule has 0 bridgehead atoms. The van der Waals surface area contributed by atoms with Crippen molar-refractivity contribution in [3.8, 4) is 0 Å². The lowest BCUT2D eigenvalue weighted by Crippen LogP contribution is -2.53. The van der Waals surface area contributed by atoms with Crippen molar-refractivity contribution >= 4 is 11.7 Å². The molecule has 0 spiro atoms. The second kappa shape index (κ2) is 8.51. The molecule has 0 saturated carbocycles. The van der Waals surface area contributed by atoms with Crippen LogP contribution in [0.5, 0.6) is 0 Å². The Morgan fingerprint density at radius 1 is 1.08 bits per heavy atom. The Hall–Kier alpha value is -2.56. The number of amides is 2. The zero-order valence-corrected chi connectivity index (χ0v) is 14.8. The maximum Gasteiger partial charge on any atom is 0.317 e. The highest BCUT2D eigenvalue weighted by atomic mass is 16.2. The molecule has 1 atom stereocenters. The summed E-state index contributed by atoms with van der Waals surface area (Å²) in [6.07, 6.45) is 5.55. The summed E-state index contributed by atoms with van der Waals surface area (Å²) in [7, 11) is 0. The van der Waals surface area contributed by atoms with Crippen LogP contribution in [0.15, 0.2) is 54.9 Å². The molecule has 1 unspecified atom stereocenters. The smallest absolute Gasteiger partial charge is 0.317 e. The molecule has 2 heterocycles. The first-order valence-electron chi connectivity index (χ1n) is 8.97. The summed E-state index contributed by atoms with van der Waals surface area (Å²) in [4.78, 5) is 20.7. The minimum absolute atomic E-state index is 0.0509. The van der Waals surface area contributed by atoms with Crippen LogP contribution in [0.2, 0.25) is 0 Å². The molecule has 1 aromatic heterocycles. The highest BCUT2D eigenvalue weighted by Gasteiger charge is 2.22. The van der Waals surface area contributed by atoms with Crippen LogP contribution >= 0.6 is 0 Å². The Bertz CT molecular complexity index is 654. The minimum Gasteiger partial charge on any atom is -0.368 e. The minimum atomic E-state index is 0.0509. The molecule has 5 nitrogen and oxygen atoms in total. The predicted molar refractivity (Wildman–Crippen MR) is 101 cm³/mol. The number of carbonyl (C=O) groups excluding carboxylic acids is 1. The molecule has 5 heteroatoms. The van der Waals surface area contributed by atoms with Crippen LogP contribution in [0.1, 0.15) is 18.9 Å². The number of aryl methyl sites for hydroxylation is 1. The van der Waals surface area contributed by atoms with Crippen LogP contribution in [-0.4, -0.2) is 48.1 Å². The molecule has 1 aliphatic heterocycles. The van der Waals surface area contributed by atoms with Gasteiger partial charge in [-0.2, -0.15) is 0 Å². The number of piperazine rings is 1. The summed E-state index contributed by atoms with van der Waals surface area (Å²) < 4.78 is 0. The van der Waals surface area contributed by atoms with Crippen LogP contribution in [-0.2, 0) is 6.42 Å². The van der Waals surface area contributed by atoms with Gasteiger partial charge in [-0.05, 0) is 37.5 Å². The van der Waals surface area contributed by atoms with Crippen molar-refractivity contribution in [1.29, 1.82) is 0 Å². The van der Waals surface area contributed by atoms with Crippen LogP contribution in [0, 0.1) is 0 Å². The summed E-state index contributed by atoms with van der Waals surface area (Å²) >= 11 is 0. The lowest BCUT2D eigenvalue weighted by molar-refractivity contribution is 0.190. The molecule has 1 fully saturated rings. The van der Waals surface area contributed by atoms with Crippen molar-refractivity contribution in [2.24, 2.45) is 0 Å². The van der Waals surface area contributed by atoms with E-state index in [1.54, 1.807) is 0 Å². The van der Waals surface area contributed by atoms with E-state index in [9.17, 15) is 4.79 Å². The van der Waals surface area contributed by atoms with E-state index in [4.69, 9.17) is 0 Å². The van der Waals surface area contributed by atoms with Gasteiger partial charge in [-0.15, -0.1) is 0 Å². The Labute approximate surface area is 149 Å². The molecule has 1 saturated heterocycles.